The van der Waals surface area contributed by atoms with Gasteiger partial charge in [-0.25, -0.2) is 17.9 Å². The predicted molar refractivity (Wildman–Crippen MR) is 77.9 cm³/mol. The van der Waals surface area contributed by atoms with Crippen LogP contribution in [0.15, 0.2) is 36.4 Å². The number of alkyl halides is 2. The van der Waals surface area contributed by atoms with E-state index < -0.39 is 17.8 Å². The first-order valence-electron chi connectivity index (χ1n) is 6.92. The molecule has 0 atom stereocenters. The quantitative estimate of drug-likeness (QED) is 0.707. The van der Waals surface area contributed by atoms with E-state index in [1.807, 2.05) is 0 Å². The first-order valence-corrected chi connectivity index (χ1v) is 6.92. The molecule has 0 saturated carbocycles. The van der Waals surface area contributed by atoms with Crippen molar-refractivity contribution < 1.29 is 13.2 Å². The lowest BCUT2D eigenvalue weighted by Gasteiger charge is -2.15. The molecule has 0 saturated heterocycles. The van der Waals surface area contributed by atoms with E-state index in [1.54, 1.807) is 38.1 Å². The lowest BCUT2D eigenvalue weighted by Crippen LogP contribution is -2.08. The molecule has 0 aliphatic carbocycles. The molecular weight excluding hydrogens is 291 g/mol. The van der Waals surface area contributed by atoms with Crippen molar-refractivity contribution in [2.75, 3.05) is 0 Å². The molecule has 0 aliphatic heterocycles. The number of para-hydroxylation sites is 1. The van der Waals surface area contributed by atoms with Crippen LogP contribution in [0.4, 0.5) is 13.2 Å². The molecule has 3 aromatic rings. The summed E-state index contributed by atoms with van der Waals surface area (Å²) < 4.78 is 42.6. The van der Waals surface area contributed by atoms with Gasteiger partial charge in [0.1, 0.15) is 11.3 Å². The van der Waals surface area contributed by atoms with Crippen LogP contribution in [-0.2, 0) is 0 Å². The summed E-state index contributed by atoms with van der Waals surface area (Å²) in [6.45, 7) is 3.52. The lowest BCUT2D eigenvalue weighted by molar-refractivity contribution is 0.145. The van der Waals surface area contributed by atoms with E-state index in [9.17, 15) is 13.2 Å². The summed E-state index contributed by atoms with van der Waals surface area (Å²) in [6.07, 6.45) is -2.93. The molecular formula is C16H14F3N3. The standard InChI is InChI=1S/C16H14F3N3/c1-9(2)10-7-8-13(14(15(10)17)16(18)19)22-12-6-4-3-5-11(12)20-21-22/h3-9,16H,1-2H3. The van der Waals surface area contributed by atoms with E-state index in [0.717, 1.165) is 0 Å². The van der Waals surface area contributed by atoms with Crippen LogP contribution < -0.4 is 0 Å². The van der Waals surface area contributed by atoms with Gasteiger partial charge in [0.25, 0.3) is 6.43 Å². The Morgan fingerprint density at radius 1 is 1.05 bits per heavy atom. The summed E-state index contributed by atoms with van der Waals surface area (Å²) in [5.41, 5.74) is 0.771. The zero-order valence-electron chi connectivity index (χ0n) is 12.1. The molecule has 1 aromatic heterocycles. The third-order valence-electron chi connectivity index (χ3n) is 3.61. The van der Waals surface area contributed by atoms with Crippen molar-refractivity contribution in [1.82, 2.24) is 15.0 Å². The molecule has 0 N–H and O–H groups in total. The lowest BCUT2D eigenvalue weighted by atomic mass is 9.98. The van der Waals surface area contributed by atoms with Gasteiger partial charge < -0.3 is 0 Å². The van der Waals surface area contributed by atoms with Gasteiger partial charge >= 0.3 is 0 Å². The zero-order valence-corrected chi connectivity index (χ0v) is 12.1. The third-order valence-corrected chi connectivity index (χ3v) is 3.61. The fourth-order valence-corrected chi connectivity index (χ4v) is 2.48. The number of nitrogens with zero attached hydrogens (tertiary/aromatic N) is 3. The zero-order chi connectivity index (χ0) is 15.9. The average molecular weight is 305 g/mol. The van der Waals surface area contributed by atoms with E-state index in [2.05, 4.69) is 10.3 Å². The number of hydrogen-bond donors (Lipinski definition) is 0. The number of rotatable bonds is 3. The van der Waals surface area contributed by atoms with Crippen molar-refractivity contribution >= 4 is 11.0 Å². The van der Waals surface area contributed by atoms with Crippen molar-refractivity contribution in [2.45, 2.75) is 26.2 Å². The minimum absolute atomic E-state index is 0.0191. The minimum Gasteiger partial charge on any atom is -0.212 e. The van der Waals surface area contributed by atoms with Crippen LogP contribution in [0.2, 0.25) is 0 Å². The Morgan fingerprint density at radius 3 is 2.45 bits per heavy atom. The van der Waals surface area contributed by atoms with Gasteiger partial charge in [0.05, 0.1) is 16.8 Å². The monoisotopic (exact) mass is 305 g/mol. The van der Waals surface area contributed by atoms with Gasteiger partial charge in [-0.2, -0.15) is 0 Å². The second-order valence-electron chi connectivity index (χ2n) is 5.35. The van der Waals surface area contributed by atoms with Crippen LogP contribution in [-0.4, -0.2) is 15.0 Å². The highest BCUT2D eigenvalue weighted by atomic mass is 19.3. The third kappa shape index (κ3) is 2.24. The number of benzene rings is 2. The molecule has 3 nitrogen and oxygen atoms in total. The Hall–Kier alpha value is -2.37. The SMILES string of the molecule is CC(C)c1ccc(-n2nnc3ccccc32)c(C(F)F)c1F. The maximum absolute atomic E-state index is 14.5. The van der Waals surface area contributed by atoms with Crippen molar-refractivity contribution in [1.29, 1.82) is 0 Å². The van der Waals surface area contributed by atoms with Crippen molar-refractivity contribution in [3.8, 4) is 5.69 Å². The summed E-state index contributed by atoms with van der Waals surface area (Å²) in [4.78, 5) is 0. The first kappa shape index (κ1) is 14.6. The highest BCUT2D eigenvalue weighted by molar-refractivity contribution is 5.76. The Balaban J connectivity index is 2.29. The van der Waals surface area contributed by atoms with E-state index >= 15 is 0 Å². The maximum Gasteiger partial charge on any atom is 0.268 e. The highest BCUT2D eigenvalue weighted by Gasteiger charge is 2.24. The van der Waals surface area contributed by atoms with Crippen LogP contribution in [0.5, 0.6) is 0 Å². The van der Waals surface area contributed by atoms with Crippen LogP contribution in [0.3, 0.4) is 0 Å². The number of hydrogen-bond acceptors (Lipinski definition) is 2. The van der Waals surface area contributed by atoms with Gasteiger partial charge in [-0.3, -0.25) is 0 Å². The molecule has 0 fully saturated rings. The van der Waals surface area contributed by atoms with Gasteiger partial charge in [-0.15, -0.1) is 5.10 Å². The summed E-state index contributed by atoms with van der Waals surface area (Å²) >= 11 is 0. The smallest absolute Gasteiger partial charge is 0.212 e. The Labute approximate surface area is 125 Å². The van der Waals surface area contributed by atoms with Crippen molar-refractivity contribution in [3.63, 3.8) is 0 Å². The second-order valence-corrected chi connectivity index (χ2v) is 5.35. The van der Waals surface area contributed by atoms with Gasteiger partial charge in [0.2, 0.25) is 0 Å². The van der Waals surface area contributed by atoms with Gasteiger partial charge in [-0.1, -0.05) is 37.3 Å². The van der Waals surface area contributed by atoms with Crippen LogP contribution in [0.1, 0.15) is 37.3 Å². The van der Waals surface area contributed by atoms with E-state index in [-0.39, 0.29) is 17.2 Å². The van der Waals surface area contributed by atoms with Crippen LogP contribution in [0, 0.1) is 5.82 Å². The molecule has 0 unspecified atom stereocenters. The Kier molecular flexibility index (Phi) is 3.60. The number of halogens is 3. The molecule has 2 aromatic carbocycles. The van der Waals surface area contributed by atoms with Crippen molar-refractivity contribution in [2.24, 2.45) is 0 Å². The molecule has 114 valence electrons. The van der Waals surface area contributed by atoms with E-state index in [0.29, 0.717) is 11.0 Å². The summed E-state index contributed by atoms with van der Waals surface area (Å²) in [7, 11) is 0. The molecule has 3 rings (SSSR count). The number of fused-ring (bicyclic) bond motifs is 1. The topological polar surface area (TPSA) is 30.7 Å². The average Bonchev–Trinajstić information content (AvgIpc) is 2.89. The summed E-state index contributed by atoms with van der Waals surface area (Å²) in [5.74, 6) is -1.05. The highest BCUT2D eigenvalue weighted by Crippen LogP contribution is 2.33. The molecule has 0 bridgehead atoms. The van der Waals surface area contributed by atoms with Gasteiger partial charge in [0, 0.05) is 0 Å². The van der Waals surface area contributed by atoms with Crippen LogP contribution >= 0.6 is 0 Å². The summed E-state index contributed by atoms with van der Waals surface area (Å²) in [6, 6.07) is 9.96. The second kappa shape index (κ2) is 5.44. The van der Waals surface area contributed by atoms with E-state index in [1.165, 1.54) is 16.8 Å². The Bertz CT molecular complexity index is 825. The molecule has 0 radical (unpaired) electrons. The fourth-order valence-electron chi connectivity index (χ4n) is 2.48. The summed E-state index contributed by atoms with van der Waals surface area (Å²) in [5, 5.41) is 7.82. The largest absolute Gasteiger partial charge is 0.268 e. The normalized spacial score (nSPS) is 11.8. The van der Waals surface area contributed by atoms with Gasteiger partial charge in [-0.05, 0) is 29.7 Å². The first-order chi connectivity index (χ1) is 10.5. The predicted octanol–water partition coefficient (Wildman–Crippen LogP) is 4.62. The Morgan fingerprint density at radius 2 is 1.77 bits per heavy atom. The van der Waals surface area contributed by atoms with Crippen LogP contribution in [0.25, 0.3) is 16.7 Å². The fraction of sp³-hybridized carbons (Fsp3) is 0.250. The minimum atomic E-state index is -2.93. The number of aromatic nitrogens is 3. The molecule has 0 aliphatic rings. The van der Waals surface area contributed by atoms with Gasteiger partial charge in [0.15, 0.2) is 0 Å². The molecule has 6 heteroatoms. The molecule has 1 heterocycles. The van der Waals surface area contributed by atoms with Crippen molar-refractivity contribution in [3.05, 3.63) is 53.3 Å². The molecule has 0 spiro atoms. The molecule has 0 amide bonds. The molecule has 22 heavy (non-hydrogen) atoms. The van der Waals surface area contributed by atoms with E-state index in [4.69, 9.17) is 0 Å². The maximum atomic E-state index is 14.5.